The van der Waals surface area contributed by atoms with Gasteiger partial charge < -0.3 is 4.74 Å². The Balaban J connectivity index is 1.80. The van der Waals surface area contributed by atoms with Crippen LogP contribution in [0.4, 0.5) is 0 Å². The molecule has 6 nitrogen and oxygen atoms in total. The Morgan fingerprint density at radius 3 is 2.75 bits per heavy atom. The Labute approximate surface area is 166 Å². The van der Waals surface area contributed by atoms with Crippen LogP contribution in [0.25, 0.3) is 10.9 Å². The summed E-state index contributed by atoms with van der Waals surface area (Å²) in [6, 6.07) is 7.66. The van der Waals surface area contributed by atoms with Crippen molar-refractivity contribution in [2.24, 2.45) is 0 Å². The molecule has 0 N–H and O–H groups in total. The van der Waals surface area contributed by atoms with Crippen LogP contribution in [0.3, 0.4) is 0 Å². The zero-order chi connectivity index (χ0) is 19.5. The molecule has 4 rings (SSSR count). The van der Waals surface area contributed by atoms with Gasteiger partial charge in [-0.1, -0.05) is 6.07 Å². The Bertz CT molecular complexity index is 1130. The molecule has 0 saturated carbocycles. The number of pyridine rings is 1. The predicted molar refractivity (Wildman–Crippen MR) is 108 cm³/mol. The molecule has 1 atom stereocenters. The maximum Gasteiger partial charge on any atom is 0.171 e. The van der Waals surface area contributed by atoms with Crippen LogP contribution in [-0.4, -0.2) is 32.8 Å². The first-order valence-electron chi connectivity index (χ1n) is 8.76. The molecule has 0 aliphatic rings. The van der Waals surface area contributed by atoms with Gasteiger partial charge in [0.05, 0.1) is 11.9 Å². The molecule has 0 amide bonds. The minimum Gasteiger partial charge on any atom is -0.372 e. The van der Waals surface area contributed by atoms with Crippen LogP contribution in [0.1, 0.15) is 38.3 Å². The molecular weight excluding hydrogens is 372 g/mol. The number of aryl methyl sites for hydroxylation is 1. The quantitative estimate of drug-likeness (QED) is 0.464. The summed E-state index contributed by atoms with van der Waals surface area (Å²) in [6.07, 6.45) is 6.48. The molecule has 7 heteroatoms. The van der Waals surface area contributed by atoms with E-state index < -0.39 is 0 Å². The van der Waals surface area contributed by atoms with Crippen molar-refractivity contribution in [2.45, 2.75) is 19.4 Å². The molecule has 3 heterocycles. The summed E-state index contributed by atoms with van der Waals surface area (Å²) in [7, 11) is 1.63. The lowest BCUT2D eigenvalue weighted by atomic mass is 9.96. The number of nitrogens with zero attached hydrogens (tertiary/aromatic N) is 4. The van der Waals surface area contributed by atoms with Gasteiger partial charge >= 0.3 is 0 Å². The first kappa shape index (κ1) is 18.3. The van der Waals surface area contributed by atoms with E-state index in [0.717, 1.165) is 27.2 Å². The highest BCUT2D eigenvalue weighted by Crippen LogP contribution is 2.30. The van der Waals surface area contributed by atoms with Crippen LogP contribution in [0.5, 0.6) is 0 Å². The molecule has 140 valence electrons. The largest absolute Gasteiger partial charge is 0.372 e. The second-order valence-corrected chi connectivity index (χ2v) is 7.36. The fourth-order valence-corrected chi connectivity index (χ4v) is 3.98. The number of Topliss-reactive ketones (excluding diaryl/α,β-unsaturated/α-hetero) is 1. The maximum atomic E-state index is 13.1. The van der Waals surface area contributed by atoms with Gasteiger partial charge in [-0.15, -0.1) is 11.3 Å². The number of hydrogen-bond donors (Lipinski definition) is 0. The normalized spacial score (nSPS) is 12.2. The van der Waals surface area contributed by atoms with E-state index in [0.29, 0.717) is 11.1 Å². The molecule has 0 aliphatic heterocycles. The molecule has 4 aromatic rings. The number of fused-ring (bicyclic) bond motifs is 1. The number of benzene rings is 1. The van der Waals surface area contributed by atoms with Gasteiger partial charge in [0.2, 0.25) is 0 Å². The highest BCUT2D eigenvalue weighted by Gasteiger charge is 2.20. The van der Waals surface area contributed by atoms with E-state index in [1.54, 1.807) is 25.7 Å². The van der Waals surface area contributed by atoms with Crippen LogP contribution in [-0.2, 0) is 11.2 Å². The van der Waals surface area contributed by atoms with Crippen LogP contribution in [0.2, 0.25) is 0 Å². The zero-order valence-corrected chi connectivity index (χ0v) is 16.3. The molecular formula is C21H18N4O2S. The summed E-state index contributed by atoms with van der Waals surface area (Å²) in [6.45, 7) is 1.92. The zero-order valence-electron chi connectivity index (χ0n) is 15.5. The molecule has 28 heavy (non-hydrogen) atoms. The van der Waals surface area contributed by atoms with Gasteiger partial charge in [0.1, 0.15) is 17.4 Å². The fourth-order valence-electron chi connectivity index (χ4n) is 3.21. The van der Waals surface area contributed by atoms with Crippen molar-refractivity contribution < 1.29 is 9.53 Å². The van der Waals surface area contributed by atoms with Crippen molar-refractivity contribution in [3.8, 4) is 0 Å². The number of ketones is 1. The predicted octanol–water partition coefficient (Wildman–Crippen LogP) is 3.95. The van der Waals surface area contributed by atoms with E-state index in [1.807, 2.05) is 36.6 Å². The highest BCUT2D eigenvalue weighted by molar-refractivity contribution is 7.09. The molecule has 0 radical (unpaired) electrons. The van der Waals surface area contributed by atoms with Crippen LogP contribution < -0.4 is 0 Å². The van der Waals surface area contributed by atoms with Crippen molar-refractivity contribution in [2.75, 3.05) is 7.11 Å². The topological polar surface area (TPSA) is 77.9 Å². The lowest BCUT2D eigenvalue weighted by Crippen LogP contribution is -2.09. The summed E-state index contributed by atoms with van der Waals surface area (Å²) < 4.78 is 5.71. The summed E-state index contributed by atoms with van der Waals surface area (Å²) in [5, 5.41) is 3.64. The van der Waals surface area contributed by atoms with Gasteiger partial charge in [0.15, 0.2) is 5.78 Å². The van der Waals surface area contributed by atoms with Crippen LogP contribution >= 0.6 is 11.3 Å². The van der Waals surface area contributed by atoms with Gasteiger partial charge in [-0.25, -0.2) is 15.0 Å². The van der Waals surface area contributed by atoms with Crippen molar-refractivity contribution in [1.82, 2.24) is 19.9 Å². The van der Waals surface area contributed by atoms with E-state index in [4.69, 9.17) is 4.74 Å². The van der Waals surface area contributed by atoms with E-state index in [-0.39, 0.29) is 18.3 Å². The van der Waals surface area contributed by atoms with Gasteiger partial charge in [-0.3, -0.25) is 9.78 Å². The standard InChI is InChI=1S/C21H18N4O2S/c1-13-11-28-19(25-13)8-18(26)17-7-15(6-14-4-3-5-24-20(14)17)21(27-2)16-9-22-12-23-10-16/h3-7,9-12,21H,8H2,1-2H3. The molecule has 0 aliphatic carbocycles. The van der Waals surface area contributed by atoms with Crippen molar-refractivity contribution >= 4 is 28.0 Å². The average Bonchev–Trinajstić information content (AvgIpc) is 3.13. The summed E-state index contributed by atoms with van der Waals surface area (Å²) in [5.41, 5.74) is 3.86. The SMILES string of the molecule is COC(c1cncnc1)c1cc(C(=O)Cc2nc(C)cs2)c2ncccc2c1. The first-order valence-corrected chi connectivity index (χ1v) is 9.64. The summed E-state index contributed by atoms with van der Waals surface area (Å²) in [5.74, 6) is -0.0148. The van der Waals surface area contributed by atoms with Crippen molar-refractivity contribution in [1.29, 1.82) is 0 Å². The maximum absolute atomic E-state index is 13.1. The second kappa shape index (κ2) is 7.92. The van der Waals surface area contributed by atoms with E-state index in [9.17, 15) is 4.79 Å². The first-order chi connectivity index (χ1) is 13.7. The molecule has 0 saturated heterocycles. The second-order valence-electron chi connectivity index (χ2n) is 6.41. The molecule has 0 bridgehead atoms. The average molecular weight is 390 g/mol. The molecule has 3 aromatic heterocycles. The minimum absolute atomic E-state index is 0.0148. The number of hydrogen-bond acceptors (Lipinski definition) is 7. The number of thiazole rings is 1. The van der Waals surface area contributed by atoms with E-state index in [2.05, 4.69) is 19.9 Å². The third-order valence-corrected chi connectivity index (χ3v) is 5.39. The lowest BCUT2D eigenvalue weighted by molar-refractivity contribution is 0.0993. The van der Waals surface area contributed by atoms with Crippen molar-refractivity contribution in [3.63, 3.8) is 0 Å². The number of aromatic nitrogens is 4. The third-order valence-electron chi connectivity index (χ3n) is 4.43. The lowest BCUT2D eigenvalue weighted by Gasteiger charge is -2.17. The van der Waals surface area contributed by atoms with Crippen LogP contribution in [0, 0.1) is 6.92 Å². The highest BCUT2D eigenvalue weighted by atomic mass is 32.1. The number of carbonyl (C=O) groups is 1. The van der Waals surface area contributed by atoms with Gasteiger partial charge in [0, 0.05) is 53.3 Å². The minimum atomic E-state index is -0.375. The van der Waals surface area contributed by atoms with E-state index >= 15 is 0 Å². The molecule has 0 spiro atoms. The van der Waals surface area contributed by atoms with Gasteiger partial charge in [0.25, 0.3) is 0 Å². The number of ether oxygens (including phenoxy) is 1. The van der Waals surface area contributed by atoms with Gasteiger partial charge in [-0.05, 0) is 30.7 Å². The number of carbonyl (C=O) groups excluding carboxylic acids is 1. The number of methoxy groups -OCH3 is 1. The van der Waals surface area contributed by atoms with E-state index in [1.165, 1.54) is 17.7 Å². The third kappa shape index (κ3) is 3.67. The number of rotatable bonds is 6. The van der Waals surface area contributed by atoms with Crippen LogP contribution in [0.15, 0.2) is 54.6 Å². The molecule has 1 unspecified atom stereocenters. The Hall–Kier alpha value is -3.03. The summed E-state index contributed by atoms with van der Waals surface area (Å²) >= 11 is 1.50. The van der Waals surface area contributed by atoms with Gasteiger partial charge in [-0.2, -0.15) is 0 Å². The fraction of sp³-hybridized carbons (Fsp3) is 0.190. The Morgan fingerprint density at radius 1 is 1.21 bits per heavy atom. The Kier molecular flexibility index (Phi) is 5.18. The monoisotopic (exact) mass is 390 g/mol. The van der Waals surface area contributed by atoms with Crippen molar-refractivity contribution in [3.05, 3.63) is 82.0 Å². The Morgan fingerprint density at radius 2 is 2.04 bits per heavy atom. The molecule has 0 fully saturated rings. The summed E-state index contributed by atoms with van der Waals surface area (Å²) in [4.78, 5) is 30.1. The smallest absolute Gasteiger partial charge is 0.171 e. The molecule has 1 aromatic carbocycles.